The van der Waals surface area contributed by atoms with Crippen LogP contribution < -0.4 is 10.6 Å². The molecule has 1 aliphatic heterocycles. The van der Waals surface area contributed by atoms with Crippen LogP contribution in [0.5, 0.6) is 0 Å². The molecule has 0 bridgehead atoms. The smallest absolute Gasteiger partial charge is 0.309 e. The van der Waals surface area contributed by atoms with Gasteiger partial charge in [-0.1, -0.05) is 12.5 Å². The summed E-state index contributed by atoms with van der Waals surface area (Å²) in [7, 11) is -3.77. The van der Waals surface area contributed by atoms with Gasteiger partial charge in [-0.3, -0.25) is 14.6 Å². The van der Waals surface area contributed by atoms with Crippen molar-refractivity contribution in [3.8, 4) is 0 Å². The predicted molar refractivity (Wildman–Crippen MR) is 112 cm³/mol. The minimum Gasteiger partial charge on any atom is -0.348 e. The fourth-order valence-electron chi connectivity index (χ4n) is 3.51. The second kappa shape index (κ2) is 10.5. The predicted octanol–water partition coefficient (Wildman–Crippen LogP) is 1.59. The number of pyridine rings is 1. The third-order valence-corrected chi connectivity index (χ3v) is 7.08. The molecule has 2 N–H and O–H groups in total. The number of rotatable bonds is 7. The van der Waals surface area contributed by atoms with Crippen molar-refractivity contribution in [2.45, 2.75) is 43.2 Å². The topological polar surface area (TPSA) is 108 Å². The summed E-state index contributed by atoms with van der Waals surface area (Å²) in [5.41, 5.74) is 0.632. The summed E-state index contributed by atoms with van der Waals surface area (Å²) in [6, 6.07) is 9.71. The highest BCUT2D eigenvalue weighted by Gasteiger charge is 2.33. The minimum atomic E-state index is -3.77. The summed E-state index contributed by atoms with van der Waals surface area (Å²) in [6.07, 6.45) is 4.23. The monoisotopic (exact) mass is 448 g/mol. The van der Waals surface area contributed by atoms with Crippen LogP contribution in [0.15, 0.2) is 53.6 Å². The van der Waals surface area contributed by atoms with E-state index in [1.165, 1.54) is 16.4 Å². The Morgan fingerprint density at radius 3 is 2.52 bits per heavy atom. The molecule has 31 heavy (non-hydrogen) atoms. The zero-order chi connectivity index (χ0) is 22.3. The van der Waals surface area contributed by atoms with Crippen LogP contribution in [0.4, 0.5) is 4.39 Å². The number of sulfonamides is 1. The molecule has 10 heteroatoms. The van der Waals surface area contributed by atoms with Crippen molar-refractivity contribution < 1.29 is 22.4 Å². The van der Waals surface area contributed by atoms with Crippen LogP contribution in [-0.2, 0) is 26.2 Å². The van der Waals surface area contributed by atoms with Gasteiger partial charge in [0.25, 0.3) is 0 Å². The van der Waals surface area contributed by atoms with E-state index >= 15 is 0 Å². The molecule has 2 amide bonds. The van der Waals surface area contributed by atoms with Crippen molar-refractivity contribution >= 4 is 21.8 Å². The first-order valence-electron chi connectivity index (χ1n) is 10.1. The first-order valence-corrected chi connectivity index (χ1v) is 11.6. The van der Waals surface area contributed by atoms with E-state index in [1.54, 1.807) is 24.4 Å². The van der Waals surface area contributed by atoms with Gasteiger partial charge in [-0.25, -0.2) is 12.8 Å². The van der Waals surface area contributed by atoms with Crippen molar-refractivity contribution in [1.29, 1.82) is 0 Å². The SMILES string of the molecule is O=C(NCC[C@H]1CCCCN1S(=O)(=O)c1ccc(F)cc1)C(=O)NCc1ccccn1. The van der Waals surface area contributed by atoms with Gasteiger partial charge in [0.2, 0.25) is 10.0 Å². The van der Waals surface area contributed by atoms with Gasteiger partial charge in [-0.15, -0.1) is 0 Å². The second-order valence-electron chi connectivity index (χ2n) is 7.27. The molecule has 1 atom stereocenters. The highest BCUT2D eigenvalue weighted by molar-refractivity contribution is 7.89. The van der Waals surface area contributed by atoms with Crippen molar-refractivity contribution in [1.82, 2.24) is 19.9 Å². The zero-order valence-corrected chi connectivity index (χ0v) is 17.8. The maximum absolute atomic E-state index is 13.2. The Hall–Kier alpha value is -2.85. The lowest BCUT2D eigenvalue weighted by atomic mass is 10.0. The molecule has 0 radical (unpaired) electrons. The number of carbonyl (C=O) groups is 2. The lowest BCUT2D eigenvalue weighted by Gasteiger charge is -2.34. The molecule has 2 aromatic rings. The van der Waals surface area contributed by atoms with E-state index in [9.17, 15) is 22.4 Å². The van der Waals surface area contributed by atoms with Crippen molar-refractivity contribution in [3.63, 3.8) is 0 Å². The number of hydrogen-bond donors (Lipinski definition) is 2. The molecule has 1 aromatic heterocycles. The molecule has 0 aliphatic carbocycles. The maximum Gasteiger partial charge on any atom is 0.309 e. The van der Waals surface area contributed by atoms with E-state index in [4.69, 9.17) is 0 Å². The summed E-state index contributed by atoms with van der Waals surface area (Å²) >= 11 is 0. The maximum atomic E-state index is 13.2. The Labute approximate surface area is 180 Å². The zero-order valence-electron chi connectivity index (χ0n) is 17.0. The van der Waals surface area contributed by atoms with Crippen LogP contribution >= 0.6 is 0 Å². The fraction of sp³-hybridized carbons (Fsp3) is 0.381. The van der Waals surface area contributed by atoms with Gasteiger partial charge in [0.15, 0.2) is 0 Å². The van der Waals surface area contributed by atoms with Crippen molar-refractivity contribution in [2.75, 3.05) is 13.1 Å². The van der Waals surface area contributed by atoms with E-state index in [2.05, 4.69) is 15.6 Å². The summed E-state index contributed by atoms with van der Waals surface area (Å²) < 4.78 is 40.5. The Morgan fingerprint density at radius 2 is 1.81 bits per heavy atom. The normalized spacial score (nSPS) is 17.1. The van der Waals surface area contributed by atoms with E-state index in [1.807, 2.05) is 0 Å². The molecule has 0 unspecified atom stereocenters. The first kappa shape index (κ1) is 22.8. The van der Waals surface area contributed by atoms with Crippen LogP contribution in [0.3, 0.4) is 0 Å². The number of aromatic nitrogens is 1. The highest BCUT2D eigenvalue weighted by Crippen LogP contribution is 2.27. The number of nitrogens with zero attached hydrogens (tertiary/aromatic N) is 2. The molecule has 0 spiro atoms. The van der Waals surface area contributed by atoms with Crippen LogP contribution in [0, 0.1) is 5.82 Å². The Bertz CT molecular complexity index is 1000. The first-order chi connectivity index (χ1) is 14.9. The van der Waals surface area contributed by atoms with Gasteiger partial charge in [-0.2, -0.15) is 4.31 Å². The highest BCUT2D eigenvalue weighted by atomic mass is 32.2. The lowest BCUT2D eigenvalue weighted by molar-refractivity contribution is -0.139. The average molecular weight is 449 g/mol. The number of nitrogens with one attached hydrogen (secondary N) is 2. The van der Waals surface area contributed by atoms with Gasteiger partial charge in [0, 0.05) is 25.3 Å². The molecule has 1 aliphatic rings. The number of piperidine rings is 1. The number of hydrogen-bond acceptors (Lipinski definition) is 5. The lowest BCUT2D eigenvalue weighted by Crippen LogP contribution is -2.46. The van der Waals surface area contributed by atoms with Crippen LogP contribution in [-0.4, -0.2) is 48.7 Å². The average Bonchev–Trinajstić information content (AvgIpc) is 2.78. The molecule has 8 nitrogen and oxygen atoms in total. The summed E-state index contributed by atoms with van der Waals surface area (Å²) in [4.78, 5) is 28.1. The third kappa shape index (κ3) is 6.08. The Balaban J connectivity index is 1.52. The number of benzene rings is 1. The minimum absolute atomic E-state index is 0.0405. The van der Waals surface area contributed by atoms with Crippen LogP contribution in [0.1, 0.15) is 31.4 Å². The molecule has 2 heterocycles. The molecule has 166 valence electrons. The van der Waals surface area contributed by atoms with Gasteiger partial charge >= 0.3 is 11.8 Å². The standard InChI is InChI=1S/C21H25FN4O4S/c22-16-7-9-19(10-8-16)31(29,30)26-14-4-2-6-18(26)11-13-24-20(27)21(28)25-15-17-5-1-3-12-23-17/h1,3,5,7-10,12,18H,2,4,6,11,13-15H2,(H,24,27)(H,25,28)/t18-/m1/s1. The van der Waals surface area contributed by atoms with Crippen LogP contribution in [0.25, 0.3) is 0 Å². The van der Waals surface area contributed by atoms with Gasteiger partial charge in [0.05, 0.1) is 17.1 Å². The van der Waals surface area contributed by atoms with E-state index < -0.39 is 27.7 Å². The number of halogens is 1. The molecule has 1 fully saturated rings. The van der Waals surface area contributed by atoms with Gasteiger partial charge in [0.1, 0.15) is 5.82 Å². The van der Waals surface area contributed by atoms with Gasteiger partial charge in [-0.05, 0) is 55.7 Å². The number of amides is 2. The second-order valence-corrected chi connectivity index (χ2v) is 9.16. The molecule has 1 aromatic carbocycles. The summed E-state index contributed by atoms with van der Waals surface area (Å²) in [5, 5.41) is 5.04. The van der Waals surface area contributed by atoms with Crippen molar-refractivity contribution in [2.24, 2.45) is 0 Å². The van der Waals surface area contributed by atoms with Crippen LogP contribution in [0.2, 0.25) is 0 Å². The quantitative estimate of drug-likeness (QED) is 0.626. The van der Waals surface area contributed by atoms with E-state index in [0.717, 1.165) is 25.0 Å². The van der Waals surface area contributed by atoms with Gasteiger partial charge < -0.3 is 10.6 Å². The summed E-state index contributed by atoms with van der Waals surface area (Å²) in [5.74, 6) is -2.05. The van der Waals surface area contributed by atoms with Crippen molar-refractivity contribution in [3.05, 3.63) is 60.2 Å². The Morgan fingerprint density at radius 1 is 1.06 bits per heavy atom. The largest absolute Gasteiger partial charge is 0.348 e. The molecular weight excluding hydrogens is 423 g/mol. The number of carbonyl (C=O) groups excluding carboxylic acids is 2. The third-order valence-electron chi connectivity index (χ3n) is 5.12. The molecule has 3 rings (SSSR count). The molecule has 0 saturated carbocycles. The van der Waals surface area contributed by atoms with E-state index in [0.29, 0.717) is 25.1 Å². The van der Waals surface area contributed by atoms with E-state index in [-0.39, 0.29) is 24.0 Å². The molecular formula is C21H25FN4O4S. The summed E-state index contributed by atoms with van der Waals surface area (Å²) in [6.45, 7) is 0.665. The fourth-order valence-corrected chi connectivity index (χ4v) is 5.23. The molecule has 1 saturated heterocycles. The Kier molecular flexibility index (Phi) is 7.69.